The van der Waals surface area contributed by atoms with E-state index in [1.165, 1.54) is 12.1 Å². The van der Waals surface area contributed by atoms with Crippen LogP contribution in [0.5, 0.6) is 0 Å². The molecule has 3 aromatic carbocycles. The van der Waals surface area contributed by atoms with E-state index in [1.807, 2.05) is 0 Å². The Labute approximate surface area is 259 Å². The second kappa shape index (κ2) is 13.0. The maximum atomic E-state index is 15.2. The number of carboxylic acids is 1. The summed E-state index contributed by atoms with van der Waals surface area (Å²) in [5.41, 5.74) is 1.77. The van der Waals surface area contributed by atoms with Crippen LogP contribution in [0.15, 0.2) is 71.3 Å². The standard InChI is InChI=1S/C34H31FN4O6/c1-34(2,3)44-33(43)36-25-14-12-23(13-15-25)31-38-29(39-45-31)26-16-11-22(18-27(26)35)19-28(32(41)42)37-30(40)24-6-4-5-21(17-24)10-9-20-7-8-20/h4-6,11-18,20,28H,7-8,19H2,1-3H3,(H,36,43)(H,37,40)(H,41,42)/t28-/m1/s1. The summed E-state index contributed by atoms with van der Waals surface area (Å²) in [6.45, 7) is 5.29. The molecule has 0 aliphatic heterocycles. The SMILES string of the molecule is CC(C)(C)OC(=O)Nc1ccc(-c2nc(-c3ccc(C[C@@H](NC(=O)c4cccc(C#CC5CC5)c4)C(=O)O)cc3F)no2)cc1. The molecule has 4 aromatic rings. The number of nitrogens with zero attached hydrogens (tertiary/aromatic N) is 2. The Bertz CT molecular complexity index is 1800. The van der Waals surface area contributed by atoms with E-state index in [1.54, 1.807) is 75.4 Å². The lowest BCUT2D eigenvalue weighted by molar-refractivity contribution is -0.139. The molecule has 230 valence electrons. The highest BCUT2D eigenvalue weighted by Gasteiger charge is 2.23. The molecule has 1 aliphatic rings. The average Bonchev–Trinajstić information content (AvgIpc) is 3.69. The van der Waals surface area contributed by atoms with Crippen molar-refractivity contribution in [1.29, 1.82) is 0 Å². The first kappa shape index (κ1) is 30.9. The lowest BCUT2D eigenvalue weighted by atomic mass is 10.0. The number of benzene rings is 3. The van der Waals surface area contributed by atoms with Gasteiger partial charge >= 0.3 is 12.1 Å². The van der Waals surface area contributed by atoms with Gasteiger partial charge in [0.2, 0.25) is 5.82 Å². The minimum absolute atomic E-state index is 0.00207. The first-order chi connectivity index (χ1) is 21.4. The first-order valence-corrected chi connectivity index (χ1v) is 14.3. The molecule has 3 N–H and O–H groups in total. The van der Waals surface area contributed by atoms with Gasteiger partial charge in [0.05, 0.1) is 5.56 Å². The molecule has 11 heteroatoms. The van der Waals surface area contributed by atoms with Gasteiger partial charge in [-0.15, -0.1) is 0 Å². The minimum atomic E-state index is -1.30. The van der Waals surface area contributed by atoms with Crippen LogP contribution < -0.4 is 10.6 Å². The smallest absolute Gasteiger partial charge is 0.412 e. The summed E-state index contributed by atoms with van der Waals surface area (Å²) in [5, 5.41) is 18.8. The van der Waals surface area contributed by atoms with Crippen LogP contribution in [0.1, 0.15) is 55.1 Å². The van der Waals surface area contributed by atoms with Crippen LogP contribution in [0, 0.1) is 23.6 Å². The van der Waals surface area contributed by atoms with E-state index in [0.29, 0.717) is 28.3 Å². The van der Waals surface area contributed by atoms with Crippen LogP contribution in [0.4, 0.5) is 14.9 Å². The van der Waals surface area contributed by atoms with Crippen LogP contribution in [-0.2, 0) is 16.0 Å². The number of hydrogen-bond acceptors (Lipinski definition) is 7. The van der Waals surface area contributed by atoms with E-state index in [9.17, 15) is 19.5 Å². The summed E-state index contributed by atoms with van der Waals surface area (Å²) in [7, 11) is 0. The number of carbonyl (C=O) groups is 3. The number of aliphatic carboxylic acids is 1. The fraction of sp³-hybridized carbons (Fsp3) is 0.265. The van der Waals surface area contributed by atoms with Gasteiger partial charge in [-0.1, -0.05) is 29.1 Å². The van der Waals surface area contributed by atoms with Gasteiger partial charge in [0.15, 0.2) is 0 Å². The largest absolute Gasteiger partial charge is 0.480 e. The van der Waals surface area contributed by atoms with Crippen molar-refractivity contribution in [3.63, 3.8) is 0 Å². The molecule has 10 nitrogen and oxygen atoms in total. The summed E-state index contributed by atoms with van der Waals surface area (Å²) in [5.74, 6) is 4.20. The van der Waals surface area contributed by atoms with Crippen LogP contribution in [0.3, 0.4) is 0 Å². The fourth-order valence-corrected chi connectivity index (χ4v) is 4.26. The van der Waals surface area contributed by atoms with Crippen LogP contribution in [0.2, 0.25) is 0 Å². The monoisotopic (exact) mass is 610 g/mol. The van der Waals surface area contributed by atoms with Gasteiger partial charge in [-0.3, -0.25) is 10.1 Å². The zero-order valence-electron chi connectivity index (χ0n) is 24.9. The summed E-state index contributed by atoms with van der Waals surface area (Å²) in [6, 6.07) is 16.1. The minimum Gasteiger partial charge on any atom is -0.480 e. The number of anilines is 1. The van der Waals surface area contributed by atoms with Crippen molar-refractivity contribution in [3.8, 4) is 34.7 Å². The zero-order valence-corrected chi connectivity index (χ0v) is 24.9. The van der Waals surface area contributed by atoms with Crippen molar-refractivity contribution in [3.05, 3.63) is 89.2 Å². The third-order valence-corrected chi connectivity index (χ3v) is 6.64. The Morgan fingerprint density at radius 1 is 1.09 bits per heavy atom. The number of halogens is 1. The predicted molar refractivity (Wildman–Crippen MR) is 164 cm³/mol. The Hall–Kier alpha value is -5.50. The second-order valence-electron chi connectivity index (χ2n) is 11.6. The molecular weight excluding hydrogens is 579 g/mol. The molecule has 2 amide bonds. The van der Waals surface area contributed by atoms with Crippen LogP contribution >= 0.6 is 0 Å². The van der Waals surface area contributed by atoms with Gasteiger partial charge < -0.3 is 19.7 Å². The average molecular weight is 611 g/mol. The van der Waals surface area contributed by atoms with Gasteiger partial charge in [-0.2, -0.15) is 4.98 Å². The number of ether oxygens (including phenoxy) is 1. The molecule has 1 aromatic heterocycles. The van der Waals surface area contributed by atoms with Crippen molar-refractivity contribution in [1.82, 2.24) is 15.5 Å². The van der Waals surface area contributed by atoms with Crippen molar-refractivity contribution in [2.24, 2.45) is 5.92 Å². The molecule has 0 saturated heterocycles. The second-order valence-corrected chi connectivity index (χ2v) is 11.6. The zero-order chi connectivity index (χ0) is 32.1. The summed E-state index contributed by atoms with van der Waals surface area (Å²) in [6.07, 6.45) is 1.42. The summed E-state index contributed by atoms with van der Waals surface area (Å²) < 4.78 is 25.7. The van der Waals surface area contributed by atoms with Gasteiger partial charge in [-0.05, 0) is 93.8 Å². The number of aromatic nitrogens is 2. The molecule has 1 atom stereocenters. The molecule has 1 heterocycles. The Morgan fingerprint density at radius 2 is 1.84 bits per heavy atom. The highest BCUT2D eigenvalue weighted by Crippen LogP contribution is 2.28. The molecule has 1 fully saturated rings. The lowest BCUT2D eigenvalue weighted by Gasteiger charge is -2.19. The van der Waals surface area contributed by atoms with Crippen LogP contribution in [-0.4, -0.2) is 44.9 Å². The molecule has 0 radical (unpaired) electrons. The van der Waals surface area contributed by atoms with Gasteiger partial charge in [-0.25, -0.2) is 14.0 Å². The maximum absolute atomic E-state index is 15.2. The number of nitrogens with one attached hydrogen (secondary N) is 2. The quantitative estimate of drug-likeness (QED) is 0.204. The first-order valence-electron chi connectivity index (χ1n) is 14.3. The number of hydrogen-bond donors (Lipinski definition) is 3. The van der Waals surface area contributed by atoms with E-state index < -0.39 is 35.4 Å². The predicted octanol–water partition coefficient (Wildman–Crippen LogP) is 6.08. The van der Waals surface area contributed by atoms with E-state index in [2.05, 4.69) is 32.6 Å². The Kier molecular flexibility index (Phi) is 8.95. The van der Waals surface area contributed by atoms with Crippen molar-refractivity contribution >= 4 is 23.7 Å². The number of rotatable bonds is 8. The highest BCUT2D eigenvalue weighted by atomic mass is 19.1. The van der Waals surface area contributed by atoms with Crippen molar-refractivity contribution < 1.29 is 33.1 Å². The van der Waals surface area contributed by atoms with Gasteiger partial charge in [0.25, 0.3) is 11.8 Å². The summed E-state index contributed by atoms with van der Waals surface area (Å²) >= 11 is 0. The summed E-state index contributed by atoms with van der Waals surface area (Å²) in [4.78, 5) is 41.1. The molecule has 0 spiro atoms. The highest BCUT2D eigenvalue weighted by molar-refractivity contribution is 5.97. The normalized spacial score (nSPS) is 13.2. The number of carbonyl (C=O) groups excluding carboxylic acids is 2. The Balaban J connectivity index is 1.23. The molecular formula is C34H31FN4O6. The Morgan fingerprint density at radius 3 is 2.51 bits per heavy atom. The molecule has 1 aliphatic carbocycles. The van der Waals surface area contributed by atoms with E-state index >= 15 is 4.39 Å². The van der Waals surface area contributed by atoms with Gasteiger partial charge in [0, 0.05) is 34.7 Å². The lowest BCUT2D eigenvalue weighted by Crippen LogP contribution is -2.42. The topological polar surface area (TPSA) is 144 Å². The number of carboxylic acid groups (broad SMARTS) is 1. The third kappa shape index (κ3) is 8.54. The molecule has 0 unspecified atom stereocenters. The number of amides is 2. The van der Waals surface area contributed by atoms with E-state index in [-0.39, 0.29) is 29.3 Å². The van der Waals surface area contributed by atoms with Crippen molar-refractivity contribution in [2.75, 3.05) is 5.32 Å². The van der Waals surface area contributed by atoms with Crippen molar-refractivity contribution in [2.45, 2.75) is 51.7 Å². The molecule has 0 bridgehead atoms. The fourth-order valence-electron chi connectivity index (χ4n) is 4.26. The molecule has 5 rings (SSSR count). The third-order valence-electron chi connectivity index (χ3n) is 6.64. The molecule has 1 saturated carbocycles. The maximum Gasteiger partial charge on any atom is 0.412 e. The van der Waals surface area contributed by atoms with E-state index in [4.69, 9.17) is 9.26 Å². The van der Waals surface area contributed by atoms with Gasteiger partial charge in [0.1, 0.15) is 17.5 Å². The molecule has 45 heavy (non-hydrogen) atoms. The van der Waals surface area contributed by atoms with E-state index in [0.717, 1.165) is 12.8 Å². The van der Waals surface area contributed by atoms with Crippen LogP contribution in [0.25, 0.3) is 22.8 Å².